The molecule has 1 aromatic heterocycles. The number of aromatic nitrogens is 3. The normalized spacial score (nSPS) is 14.7. The van der Waals surface area contributed by atoms with Crippen LogP contribution in [-0.2, 0) is 4.79 Å². The van der Waals surface area contributed by atoms with Gasteiger partial charge in [0.1, 0.15) is 0 Å². The highest BCUT2D eigenvalue weighted by Gasteiger charge is 2.17. The number of aryl methyl sites for hydroxylation is 1. The number of anilines is 3. The van der Waals surface area contributed by atoms with E-state index in [0.717, 1.165) is 36.6 Å². The molecule has 1 aliphatic heterocycles. The van der Waals surface area contributed by atoms with Crippen LogP contribution in [0.5, 0.6) is 0 Å². The molecule has 1 amide bonds. The average molecular weight is 333 g/mol. The number of nitrogens with one attached hydrogen (secondary N) is 1. The molecule has 0 radical (unpaired) electrons. The molecule has 2 aromatic rings. The fourth-order valence-corrected chi connectivity index (χ4v) is 2.58. The van der Waals surface area contributed by atoms with Gasteiger partial charge in [-0.1, -0.05) is 17.7 Å². The summed E-state index contributed by atoms with van der Waals surface area (Å²) in [5.41, 5.74) is 1.89. The first-order valence-electron chi connectivity index (χ1n) is 7.33. The SMILES string of the molecule is Cc1ccc(Cl)cc1Nc1nncc(N2CCN(C=O)CC2)n1. The van der Waals surface area contributed by atoms with Crippen molar-refractivity contribution in [2.45, 2.75) is 6.92 Å². The Labute approximate surface area is 139 Å². The quantitative estimate of drug-likeness (QED) is 0.861. The number of amides is 1. The smallest absolute Gasteiger partial charge is 0.249 e. The van der Waals surface area contributed by atoms with E-state index >= 15 is 0 Å². The molecule has 8 heteroatoms. The lowest BCUT2D eigenvalue weighted by Gasteiger charge is -2.33. The number of rotatable bonds is 4. The highest BCUT2D eigenvalue weighted by atomic mass is 35.5. The first kappa shape index (κ1) is 15.5. The molecule has 0 atom stereocenters. The lowest BCUT2D eigenvalue weighted by Crippen LogP contribution is -2.46. The van der Waals surface area contributed by atoms with Crippen molar-refractivity contribution in [3.8, 4) is 0 Å². The number of hydrogen-bond acceptors (Lipinski definition) is 6. The predicted molar refractivity (Wildman–Crippen MR) is 89.1 cm³/mol. The first-order chi connectivity index (χ1) is 11.2. The van der Waals surface area contributed by atoms with Crippen LogP contribution in [0, 0.1) is 6.92 Å². The van der Waals surface area contributed by atoms with Gasteiger partial charge in [-0.25, -0.2) is 0 Å². The predicted octanol–water partition coefficient (Wildman–Crippen LogP) is 1.86. The minimum absolute atomic E-state index is 0.422. The molecule has 0 bridgehead atoms. The number of nitrogens with zero attached hydrogens (tertiary/aromatic N) is 5. The molecule has 120 valence electrons. The van der Waals surface area contributed by atoms with Crippen LogP contribution in [0.15, 0.2) is 24.4 Å². The molecule has 1 fully saturated rings. The first-order valence-corrected chi connectivity index (χ1v) is 7.71. The van der Waals surface area contributed by atoms with E-state index in [0.29, 0.717) is 24.1 Å². The summed E-state index contributed by atoms with van der Waals surface area (Å²) in [6, 6.07) is 5.60. The molecule has 0 unspecified atom stereocenters. The number of piperazine rings is 1. The number of hydrogen-bond donors (Lipinski definition) is 1. The van der Waals surface area contributed by atoms with Crippen LogP contribution < -0.4 is 10.2 Å². The van der Waals surface area contributed by atoms with E-state index in [9.17, 15) is 4.79 Å². The summed E-state index contributed by atoms with van der Waals surface area (Å²) in [6.45, 7) is 4.81. The van der Waals surface area contributed by atoms with Gasteiger partial charge in [-0.15, -0.1) is 5.10 Å². The summed E-state index contributed by atoms with van der Waals surface area (Å²) in [5.74, 6) is 1.17. The van der Waals surface area contributed by atoms with E-state index in [1.807, 2.05) is 25.1 Å². The van der Waals surface area contributed by atoms with Gasteiger partial charge in [0.05, 0.1) is 6.20 Å². The van der Waals surface area contributed by atoms with Crippen molar-refractivity contribution in [1.29, 1.82) is 0 Å². The topological polar surface area (TPSA) is 74.2 Å². The van der Waals surface area contributed by atoms with Crippen LogP contribution in [0.2, 0.25) is 5.02 Å². The molecule has 1 aromatic carbocycles. The maximum Gasteiger partial charge on any atom is 0.249 e. The fraction of sp³-hybridized carbons (Fsp3) is 0.333. The van der Waals surface area contributed by atoms with Crippen molar-refractivity contribution in [2.24, 2.45) is 0 Å². The third kappa shape index (κ3) is 3.68. The largest absolute Gasteiger partial charge is 0.352 e. The van der Waals surface area contributed by atoms with E-state index in [2.05, 4.69) is 25.4 Å². The number of benzene rings is 1. The summed E-state index contributed by atoms with van der Waals surface area (Å²) in [7, 11) is 0. The zero-order valence-corrected chi connectivity index (χ0v) is 13.5. The van der Waals surface area contributed by atoms with Gasteiger partial charge in [0, 0.05) is 36.9 Å². The third-order valence-electron chi connectivity index (χ3n) is 3.78. The fourth-order valence-electron chi connectivity index (χ4n) is 2.41. The monoisotopic (exact) mass is 332 g/mol. The maximum atomic E-state index is 10.8. The Morgan fingerprint density at radius 1 is 1.26 bits per heavy atom. The zero-order valence-electron chi connectivity index (χ0n) is 12.7. The Morgan fingerprint density at radius 3 is 2.78 bits per heavy atom. The lowest BCUT2D eigenvalue weighted by atomic mass is 10.2. The van der Waals surface area contributed by atoms with Gasteiger partial charge in [0.25, 0.3) is 0 Å². The van der Waals surface area contributed by atoms with Crippen LogP contribution in [0.3, 0.4) is 0 Å². The Kier molecular flexibility index (Phi) is 4.57. The van der Waals surface area contributed by atoms with Gasteiger partial charge in [0.2, 0.25) is 12.4 Å². The summed E-state index contributed by atoms with van der Waals surface area (Å²) in [5, 5.41) is 11.8. The van der Waals surface area contributed by atoms with Crippen molar-refractivity contribution in [3.05, 3.63) is 35.0 Å². The van der Waals surface area contributed by atoms with E-state index in [4.69, 9.17) is 11.6 Å². The number of carbonyl (C=O) groups excluding carboxylic acids is 1. The molecule has 7 nitrogen and oxygen atoms in total. The second kappa shape index (κ2) is 6.78. The Hall–Kier alpha value is -2.41. The van der Waals surface area contributed by atoms with Gasteiger partial charge >= 0.3 is 0 Å². The number of carbonyl (C=O) groups is 1. The molecule has 1 saturated heterocycles. The van der Waals surface area contributed by atoms with Gasteiger partial charge in [-0.2, -0.15) is 10.1 Å². The minimum Gasteiger partial charge on any atom is -0.352 e. The Balaban J connectivity index is 1.75. The molecule has 3 rings (SSSR count). The zero-order chi connectivity index (χ0) is 16.2. The minimum atomic E-state index is 0.422. The molecule has 1 aliphatic rings. The summed E-state index contributed by atoms with van der Waals surface area (Å²) >= 11 is 6.03. The van der Waals surface area contributed by atoms with E-state index in [-0.39, 0.29) is 0 Å². The van der Waals surface area contributed by atoms with Crippen LogP contribution in [0.25, 0.3) is 0 Å². The van der Waals surface area contributed by atoms with Crippen molar-refractivity contribution >= 4 is 35.5 Å². The summed E-state index contributed by atoms with van der Waals surface area (Å²) in [6.07, 6.45) is 2.51. The van der Waals surface area contributed by atoms with Crippen LogP contribution in [-0.4, -0.2) is 52.7 Å². The van der Waals surface area contributed by atoms with Crippen LogP contribution in [0.1, 0.15) is 5.56 Å². The van der Waals surface area contributed by atoms with Crippen LogP contribution in [0.4, 0.5) is 17.5 Å². The average Bonchev–Trinajstić information content (AvgIpc) is 2.58. The standard InChI is InChI=1S/C15H17ClN6O/c1-11-2-3-12(16)8-13(11)18-15-19-14(9-17-20-15)22-6-4-21(10-23)5-7-22/h2-3,8-10H,4-7H2,1H3,(H,18,19,20). The van der Waals surface area contributed by atoms with Crippen molar-refractivity contribution in [3.63, 3.8) is 0 Å². The Bertz CT molecular complexity index is 702. The summed E-state index contributed by atoms with van der Waals surface area (Å²) in [4.78, 5) is 19.1. The molecular formula is C15H17ClN6O. The molecule has 1 N–H and O–H groups in total. The Morgan fingerprint density at radius 2 is 2.04 bits per heavy atom. The molecule has 0 saturated carbocycles. The van der Waals surface area contributed by atoms with Gasteiger partial charge in [0.15, 0.2) is 5.82 Å². The summed E-state index contributed by atoms with van der Waals surface area (Å²) < 4.78 is 0. The van der Waals surface area contributed by atoms with E-state index in [1.54, 1.807) is 11.1 Å². The highest BCUT2D eigenvalue weighted by molar-refractivity contribution is 6.30. The van der Waals surface area contributed by atoms with Crippen molar-refractivity contribution in [1.82, 2.24) is 20.1 Å². The molecular weight excluding hydrogens is 316 g/mol. The van der Waals surface area contributed by atoms with E-state index in [1.165, 1.54) is 0 Å². The highest BCUT2D eigenvalue weighted by Crippen LogP contribution is 2.23. The second-order valence-corrected chi connectivity index (χ2v) is 5.79. The number of halogens is 1. The third-order valence-corrected chi connectivity index (χ3v) is 4.01. The van der Waals surface area contributed by atoms with Crippen molar-refractivity contribution < 1.29 is 4.79 Å². The van der Waals surface area contributed by atoms with Gasteiger partial charge in [-0.05, 0) is 24.6 Å². The molecule has 23 heavy (non-hydrogen) atoms. The molecule has 2 heterocycles. The van der Waals surface area contributed by atoms with Crippen LogP contribution >= 0.6 is 11.6 Å². The lowest BCUT2D eigenvalue weighted by molar-refractivity contribution is -0.118. The van der Waals surface area contributed by atoms with E-state index < -0.39 is 0 Å². The van der Waals surface area contributed by atoms with Gasteiger partial charge < -0.3 is 15.1 Å². The molecule has 0 spiro atoms. The maximum absolute atomic E-state index is 10.8. The van der Waals surface area contributed by atoms with Crippen molar-refractivity contribution in [2.75, 3.05) is 36.4 Å². The molecule has 0 aliphatic carbocycles. The second-order valence-electron chi connectivity index (χ2n) is 5.35. The van der Waals surface area contributed by atoms with Gasteiger partial charge in [-0.3, -0.25) is 4.79 Å².